The van der Waals surface area contributed by atoms with Crippen molar-refractivity contribution >= 4 is 23.2 Å². The predicted molar refractivity (Wildman–Crippen MR) is 106 cm³/mol. The topological polar surface area (TPSA) is 49.4 Å². The van der Waals surface area contributed by atoms with E-state index in [0.717, 1.165) is 15.3 Å². The molecule has 1 atom stereocenters. The first-order chi connectivity index (χ1) is 13.7. The molecule has 0 saturated carbocycles. The predicted octanol–water partition coefficient (Wildman–Crippen LogP) is 4.72. The van der Waals surface area contributed by atoms with Crippen LogP contribution in [0.2, 0.25) is 0 Å². The van der Waals surface area contributed by atoms with Crippen molar-refractivity contribution in [1.82, 2.24) is 10.2 Å². The molecule has 3 rings (SSSR count). The number of likely N-dealkylation sites (tertiary alicyclic amines) is 1. The number of nitrogens with zero attached hydrogens (tertiary/aromatic N) is 1. The Kier molecular flexibility index (Phi) is 6.62. The molecule has 156 valence electrons. The normalized spacial score (nSPS) is 16.5. The van der Waals surface area contributed by atoms with Gasteiger partial charge in [0.05, 0.1) is 10.9 Å². The first-order valence-corrected chi connectivity index (χ1v) is 10.3. The number of hydrogen-bond donors (Lipinski definition) is 1. The van der Waals surface area contributed by atoms with Crippen LogP contribution < -0.4 is 5.32 Å². The van der Waals surface area contributed by atoms with E-state index < -0.39 is 12.1 Å². The molecule has 2 heterocycles. The largest absolute Gasteiger partial charge is 0.471 e. The number of hydrogen-bond acceptors (Lipinski definition) is 3. The average molecular weight is 424 g/mol. The highest BCUT2D eigenvalue weighted by atomic mass is 32.1. The maximum Gasteiger partial charge on any atom is 0.471 e. The molecule has 2 aromatic rings. The molecule has 1 saturated heterocycles. The number of rotatable bonds is 5. The zero-order valence-corrected chi connectivity index (χ0v) is 16.9. The minimum absolute atomic E-state index is 0.0859. The first-order valence-electron chi connectivity index (χ1n) is 9.52. The summed E-state index contributed by atoms with van der Waals surface area (Å²) in [5, 5.41) is 3.08. The Balaban J connectivity index is 1.65. The van der Waals surface area contributed by atoms with E-state index in [-0.39, 0.29) is 31.0 Å². The third-order valence-electron chi connectivity index (χ3n) is 5.18. The molecule has 1 aliphatic rings. The molecule has 0 bridgehead atoms. The van der Waals surface area contributed by atoms with Crippen molar-refractivity contribution in [2.24, 2.45) is 5.92 Å². The molecule has 29 heavy (non-hydrogen) atoms. The van der Waals surface area contributed by atoms with E-state index in [1.165, 1.54) is 11.3 Å². The minimum Gasteiger partial charge on any atom is -0.345 e. The molecule has 1 aliphatic heterocycles. The van der Waals surface area contributed by atoms with Crippen molar-refractivity contribution in [2.75, 3.05) is 13.1 Å². The molecule has 0 radical (unpaired) electrons. The number of halogens is 3. The molecular formula is C21H23F3N2O2S. The maximum atomic E-state index is 12.7. The molecule has 2 amide bonds. The highest BCUT2D eigenvalue weighted by Gasteiger charge is 2.43. The van der Waals surface area contributed by atoms with Crippen molar-refractivity contribution in [3.63, 3.8) is 0 Å². The van der Waals surface area contributed by atoms with Crippen molar-refractivity contribution in [1.29, 1.82) is 0 Å². The molecule has 1 fully saturated rings. The number of thiophene rings is 1. The Labute approximate surface area is 171 Å². The van der Waals surface area contributed by atoms with Crippen LogP contribution in [0.4, 0.5) is 13.2 Å². The molecule has 8 heteroatoms. The Morgan fingerprint density at radius 2 is 1.79 bits per heavy atom. The first kappa shape index (κ1) is 21.4. The standard InChI is InChI=1S/C21H23F3N2O2S/c1-14-7-8-18(29-14)19(27)25-17(16-5-3-2-4-6-16)13-15-9-11-26(12-10-15)20(28)21(22,23)24/h2-8,15,17H,9-13H2,1H3,(H,25,27). The number of aryl methyl sites for hydroxylation is 1. The molecule has 1 aromatic carbocycles. The van der Waals surface area contributed by atoms with Gasteiger partial charge in [-0.05, 0) is 49.8 Å². The maximum absolute atomic E-state index is 12.7. The summed E-state index contributed by atoms with van der Waals surface area (Å²) >= 11 is 1.42. The van der Waals surface area contributed by atoms with E-state index in [9.17, 15) is 22.8 Å². The van der Waals surface area contributed by atoms with Crippen molar-refractivity contribution in [2.45, 2.75) is 38.4 Å². The van der Waals surface area contributed by atoms with Gasteiger partial charge in [-0.25, -0.2) is 0 Å². The molecule has 0 aliphatic carbocycles. The van der Waals surface area contributed by atoms with Gasteiger partial charge in [0.15, 0.2) is 0 Å². The Bertz CT molecular complexity index is 843. The second kappa shape index (κ2) is 8.98. The van der Waals surface area contributed by atoms with Gasteiger partial charge < -0.3 is 10.2 Å². The van der Waals surface area contributed by atoms with E-state index in [2.05, 4.69) is 5.32 Å². The van der Waals surface area contributed by atoms with Crippen LogP contribution in [0.25, 0.3) is 0 Å². The lowest BCUT2D eigenvalue weighted by atomic mass is 9.87. The highest BCUT2D eigenvalue weighted by Crippen LogP contribution is 2.31. The fraction of sp³-hybridized carbons (Fsp3) is 0.429. The third-order valence-corrected chi connectivity index (χ3v) is 6.18. The van der Waals surface area contributed by atoms with E-state index in [4.69, 9.17) is 0 Å². The zero-order valence-electron chi connectivity index (χ0n) is 16.0. The molecule has 1 unspecified atom stereocenters. The Morgan fingerprint density at radius 1 is 1.14 bits per heavy atom. The summed E-state index contributed by atoms with van der Waals surface area (Å²) in [7, 11) is 0. The number of carbonyl (C=O) groups excluding carboxylic acids is 2. The number of carbonyl (C=O) groups is 2. The van der Waals surface area contributed by atoms with Crippen LogP contribution in [-0.4, -0.2) is 36.0 Å². The van der Waals surface area contributed by atoms with Crippen molar-refractivity contribution < 1.29 is 22.8 Å². The summed E-state index contributed by atoms with van der Waals surface area (Å²) in [5.41, 5.74) is 0.961. The fourth-order valence-corrected chi connectivity index (χ4v) is 4.40. The summed E-state index contributed by atoms with van der Waals surface area (Å²) < 4.78 is 37.9. The van der Waals surface area contributed by atoms with E-state index in [1.807, 2.05) is 43.3 Å². The summed E-state index contributed by atoms with van der Waals surface area (Å²) in [6, 6.07) is 13.0. The molecule has 0 spiro atoms. The van der Waals surface area contributed by atoms with Gasteiger partial charge in [0.1, 0.15) is 0 Å². The van der Waals surface area contributed by atoms with Crippen LogP contribution in [0, 0.1) is 12.8 Å². The van der Waals surface area contributed by atoms with Gasteiger partial charge in [-0.3, -0.25) is 9.59 Å². The van der Waals surface area contributed by atoms with E-state index in [1.54, 1.807) is 6.07 Å². The minimum atomic E-state index is -4.83. The molecule has 1 N–H and O–H groups in total. The lowest BCUT2D eigenvalue weighted by Gasteiger charge is -2.34. The van der Waals surface area contributed by atoms with Gasteiger partial charge >= 0.3 is 12.1 Å². The lowest BCUT2D eigenvalue weighted by Crippen LogP contribution is -2.45. The third kappa shape index (κ3) is 5.59. The van der Waals surface area contributed by atoms with E-state index in [0.29, 0.717) is 24.1 Å². The number of alkyl halides is 3. The molecular weight excluding hydrogens is 401 g/mol. The number of amides is 2. The number of nitrogens with one attached hydrogen (secondary N) is 1. The van der Waals surface area contributed by atoms with Crippen molar-refractivity contribution in [3.8, 4) is 0 Å². The van der Waals surface area contributed by atoms with Gasteiger partial charge in [0.2, 0.25) is 0 Å². The Hall–Kier alpha value is -2.35. The van der Waals surface area contributed by atoms with E-state index >= 15 is 0 Å². The van der Waals surface area contributed by atoms with Gasteiger partial charge in [0.25, 0.3) is 5.91 Å². The summed E-state index contributed by atoms with van der Waals surface area (Å²) in [5.74, 6) is -1.79. The quantitative estimate of drug-likeness (QED) is 0.755. The molecule has 4 nitrogen and oxygen atoms in total. The van der Waals surface area contributed by atoms with Crippen LogP contribution in [-0.2, 0) is 4.79 Å². The van der Waals surface area contributed by atoms with Crippen LogP contribution in [0.1, 0.15) is 45.4 Å². The van der Waals surface area contributed by atoms with Crippen molar-refractivity contribution in [3.05, 3.63) is 57.8 Å². The average Bonchev–Trinajstić information content (AvgIpc) is 3.14. The smallest absolute Gasteiger partial charge is 0.345 e. The van der Waals surface area contributed by atoms with Gasteiger partial charge in [-0.1, -0.05) is 30.3 Å². The lowest BCUT2D eigenvalue weighted by molar-refractivity contribution is -0.186. The highest BCUT2D eigenvalue weighted by molar-refractivity contribution is 7.13. The summed E-state index contributed by atoms with van der Waals surface area (Å²) in [6.07, 6.45) is -3.24. The SMILES string of the molecule is Cc1ccc(C(=O)NC(CC2CCN(C(=O)C(F)(F)F)CC2)c2ccccc2)s1. The second-order valence-electron chi connectivity index (χ2n) is 7.32. The monoisotopic (exact) mass is 424 g/mol. The van der Waals surface area contributed by atoms with Crippen LogP contribution >= 0.6 is 11.3 Å². The number of benzene rings is 1. The fourth-order valence-electron chi connectivity index (χ4n) is 3.63. The summed E-state index contributed by atoms with van der Waals surface area (Å²) in [6.45, 7) is 2.11. The summed E-state index contributed by atoms with van der Waals surface area (Å²) in [4.78, 5) is 26.6. The Morgan fingerprint density at radius 3 is 2.34 bits per heavy atom. The number of piperidine rings is 1. The van der Waals surface area contributed by atoms with Gasteiger partial charge in [-0.15, -0.1) is 11.3 Å². The molecule has 1 aromatic heterocycles. The zero-order chi connectivity index (χ0) is 21.0. The van der Waals surface area contributed by atoms with Crippen LogP contribution in [0.15, 0.2) is 42.5 Å². The van der Waals surface area contributed by atoms with Crippen LogP contribution in [0.5, 0.6) is 0 Å². The second-order valence-corrected chi connectivity index (χ2v) is 8.60. The van der Waals surface area contributed by atoms with Crippen LogP contribution in [0.3, 0.4) is 0 Å². The van der Waals surface area contributed by atoms with Gasteiger partial charge in [0, 0.05) is 18.0 Å². The van der Waals surface area contributed by atoms with Gasteiger partial charge in [-0.2, -0.15) is 13.2 Å².